The monoisotopic (exact) mass is 284 g/mol. The smallest absolute Gasteiger partial charge is 0.229 e. The average molecular weight is 284 g/mol. The Bertz CT molecular complexity index is 462. The number of rotatable bonds is 4. The quantitative estimate of drug-likeness (QED) is 0.507. The average Bonchev–Trinajstić information content (AvgIpc) is 2.48. The van der Waals surface area contributed by atoms with E-state index in [1.807, 2.05) is 0 Å². The molecule has 1 fully saturated rings. The SMILES string of the molecule is O=Cc1ccccc1O[C@@H]1O[C@@H](CO)[C@H](O)[C@@H](O)[C@H]1O. The molecule has 0 radical (unpaired) electrons. The van der Waals surface area contributed by atoms with Crippen LogP contribution in [-0.2, 0) is 4.74 Å². The summed E-state index contributed by atoms with van der Waals surface area (Å²) in [4.78, 5) is 10.9. The maximum absolute atomic E-state index is 10.9. The Hall–Kier alpha value is -1.51. The minimum Gasteiger partial charge on any atom is -0.461 e. The number of aliphatic hydroxyl groups is 4. The second-order valence-electron chi connectivity index (χ2n) is 4.47. The summed E-state index contributed by atoms with van der Waals surface area (Å²) in [5.74, 6) is 0.173. The summed E-state index contributed by atoms with van der Waals surface area (Å²) in [6, 6.07) is 6.30. The largest absolute Gasteiger partial charge is 0.461 e. The summed E-state index contributed by atoms with van der Waals surface area (Å²) in [6.07, 6.45) is -6.24. The van der Waals surface area contributed by atoms with Crippen LogP contribution in [0.4, 0.5) is 0 Å². The van der Waals surface area contributed by atoms with Crippen molar-refractivity contribution in [1.29, 1.82) is 0 Å². The lowest BCUT2D eigenvalue weighted by molar-refractivity contribution is -0.277. The van der Waals surface area contributed by atoms with E-state index in [4.69, 9.17) is 14.6 Å². The highest BCUT2D eigenvalue weighted by atomic mass is 16.7. The van der Waals surface area contributed by atoms with Gasteiger partial charge in [0.05, 0.1) is 12.2 Å². The van der Waals surface area contributed by atoms with Gasteiger partial charge in [-0.1, -0.05) is 12.1 Å². The van der Waals surface area contributed by atoms with Crippen LogP contribution in [0.15, 0.2) is 24.3 Å². The van der Waals surface area contributed by atoms with Gasteiger partial charge in [-0.05, 0) is 12.1 Å². The van der Waals surface area contributed by atoms with Crippen LogP contribution < -0.4 is 4.74 Å². The van der Waals surface area contributed by atoms with Crippen LogP contribution in [0.25, 0.3) is 0 Å². The summed E-state index contributed by atoms with van der Waals surface area (Å²) in [7, 11) is 0. The Morgan fingerprint density at radius 3 is 2.50 bits per heavy atom. The van der Waals surface area contributed by atoms with Crippen molar-refractivity contribution in [3.8, 4) is 5.75 Å². The lowest BCUT2D eigenvalue weighted by atomic mass is 9.99. The van der Waals surface area contributed by atoms with Crippen molar-refractivity contribution in [2.45, 2.75) is 30.7 Å². The van der Waals surface area contributed by atoms with E-state index in [0.717, 1.165) is 0 Å². The lowest BCUT2D eigenvalue weighted by Gasteiger charge is -2.39. The van der Waals surface area contributed by atoms with Gasteiger partial charge in [0.15, 0.2) is 6.29 Å². The molecule has 0 aliphatic carbocycles. The fraction of sp³-hybridized carbons (Fsp3) is 0.462. The van der Waals surface area contributed by atoms with E-state index in [-0.39, 0.29) is 11.3 Å². The minimum absolute atomic E-state index is 0.173. The Labute approximate surface area is 115 Å². The van der Waals surface area contributed by atoms with E-state index in [9.17, 15) is 20.1 Å². The molecule has 20 heavy (non-hydrogen) atoms. The Balaban J connectivity index is 2.17. The standard InChI is InChI=1S/C13H16O7/c14-5-7-3-1-2-4-8(7)19-13-12(18)11(17)10(16)9(6-15)20-13/h1-5,9-13,15-18H,6H2/t9-,10-,11+,12+,13+/m0/s1. The van der Waals surface area contributed by atoms with Crippen molar-refractivity contribution >= 4 is 6.29 Å². The van der Waals surface area contributed by atoms with Crippen LogP contribution in [0.2, 0.25) is 0 Å². The van der Waals surface area contributed by atoms with Crippen LogP contribution in [0, 0.1) is 0 Å². The summed E-state index contributed by atoms with van der Waals surface area (Å²) in [5.41, 5.74) is 0.254. The fourth-order valence-corrected chi connectivity index (χ4v) is 1.98. The van der Waals surface area contributed by atoms with Gasteiger partial charge >= 0.3 is 0 Å². The number of carbonyl (C=O) groups excluding carboxylic acids is 1. The molecular formula is C13H16O7. The third-order valence-corrected chi connectivity index (χ3v) is 3.14. The molecule has 0 unspecified atom stereocenters. The van der Waals surface area contributed by atoms with Crippen molar-refractivity contribution in [3.63, 3.8) is 0 Å². The van der Waals surface area contributed by atoms with E-state index in [2.05, 4.69) is 0 Å². The van der Waals surface area contributed by atoms with E-state index in [1.54, 1.807) is 12.1 Å². The van der Waals surface area contributed by atoms with Gasteiger partial charge in [0.25, 0.3) is 0 Å². The molecule has 0 saturated carbocycles. The molecule has 0 spiro atoms. The van der Waals surface area contributed by atoms with Crippen LogP contribution in [0.3, 0.4) is 0 Å². The second-order valence-corrected chi connectivity index (χ2v) is 4.47. The molecule has 1 saturated heterocycles. The van der Waals surface area contributed by atoms with Crippen LogP contribution in [0.5, 0.6) is 5.75 Å². The van der Waals surface area contributed by atoms with Gasteiger partial charge in [0.2, 0.25) is 6.29 Å². The predicted molar refractivity (Wildman–Crippen MR) is 66.2 cm³/mol. The molecule has 1 aromatic rings. The number of hydrogen-bond donors (Lipinski definition) is 4. The molecule has 4 N–H and O–H groups in total. The number of hydrogen-bond acceptors (Lipinski definition) is 7. The zero-order valence-corrected chi connectivity index (χ0v) is 10.5. The third kappa shape index (κ3) is 2.82. The summed E-state index contributed by atoms with van der Waals surface area (Å²) >= 11 is 0. The van der Waals surface area contributed by atoms with E-state index in [0.29, 0.717) is 6.29 Å². The maximum atomic E-state index is 10.9. The Kier molecular flexibility index (Phi) is 4.69. The number of carbonyl (C=O) groups is 1. The van der Waals surface area contributed by atoms with Gasteiger partial charge in [0, 0.05) is 0 Å². The zero-order chi connectivity index (χ0) is 14.7. The molecule has 1 heterocycles. The number of para-hydroxylation sites is 1. The van der Waals surface area contributed by atoms with Crippen molar-refractivity contribution in [3.05, 3.63) is 29.8 Å². The number of aldehydes is 1. The first-order valence-electron chi connectivity index (χ1n) is 6.10. The van der Waals surface area contributed by atoms with Gasteiger partial charge in [-0.25, -0.2) is 0 Å². The van der Waals surface area contributed by atoms with Crippen molar-refractivity contribution in [2.24, 2.45) is 0 Å². The van der Waals surface area contributed by atoms with E-state index < -0.39 is 37.3 Å². The van der Waals surface area contributed by atoms with Crippen LogP contribution in [0.1, 0.15) is 10.4 Å². The second kappa shape index (κ2) is 6.29. The van der Waals surface area contributed by atoms with Crippen molar-refractivity contribution in [1.82, 2.24) is 0 Å². The number of benzene rings is 1. The normalized spacial score (nSPS) is 33.7. The van der Waals surface area contributed by atoms with Crippen molar-refractivity contribution < 1.29 is 34.7 Å². The number of aliphatic hydroxyl groups excluding tert-OH is 4. The lowest BCUT2D eigenvalue weighted by Crippen LogP contribution is -2.60. The first-order valence-corrected chi connectivity index (χ1v) is 6.10. The summed E-state index contributed by atoms with van der Waals surface area (Å²) < 4.78 is 10.5. The van der Waals surface area contributed by atoms with Gasteiger partial charge in [0.1, 0.15) is 30.2 Å². The highest BCUT2D eigenvalue weighted by Crippen LogP contribution is 2.25. The van der Waals surface area contributed by atoms with E-state index in [1.165, 1.54) is 12.1 Å². The Morgan fingerprint density at radius 2 is 1.85 bits per heavy atom. The highest BCUT2D eigenvalue weighted by Gasteiger charge is 2.44. The van der Waals surface area contributed by atoms with Gasteiger partial charge in [-0.3, -0.25) is 4.79 Å². The maximum Gasteiger partial charge on any atom is 0.229 e. The Morgan fingerprint density at radius 1 is 1.15 bits per heavy atom. The van der Waals surface area contributed by atoms with Crippen molar-refractivity contribution in [2.75, 3.05) is 6.61 Å². The topological polar surface area (TPSA) is 116 Å². The minimum atomic E-state index is -1.52. The van der Waals surface area contributed by atoms with Gasteiger partial charge < -0.3 is 29.9 Å². The molecular weight excluding hydrogens is 268 g/mol. The number of ether oxygens (including phenoxy) is 2. The highest BCUT2D eigenvalue weighted by molar-refractivity contribution is 5.79. The fourth-order valence-electron chi connectivity index (χ4n) is 1.98. The van der Waals surface area contributed by atoms with Crippen LogP contribution >= 0.6 is 0 Å². The molecule has 1 aliphatic heterocycles. The summed E-state index contributed by atoms with van der Waals surface area (Å²) in [5, 5.41) is 38.1. The van der Waals surface area contributed by atoms with Gasteiger partial charge in [-0.15, -0.1) is 0 Å². The first-order chi connectivity index (χ1) is 9.58. The molecule has 1 aromatic carbocycles. The zero-order valence-electron chi connectivity index (χ0n) is 10.5. The molecule has 7 heteroatoms. The molecule has 0 amide bonds. The summed E-state index contributed by atoms with van der Waals surface area (Å²) in [6.45, 7) is -0.542. The molecule has 7 nitrogen and oxygen atoms in total. The predicted octanol–water partition coefficient (Wildman–Crippen LogP) is -1.32. The molecule has 0 bridgehead atoms. The third-order valence-electron chi connectivity index (χ3n) is 3.14. The molecule has 5 atom stereocenters. The molecule has 110 valence electrons. The molecule has 0 aromatic heterocycles. The molecule has 2 rings (SSSR count). The van der Waals surface area contributed by atoms with Crippen LogP contribution in [-0.4, -0.2) is 64.0 Å². The molecule has 1 aliphatic rings. The van der Waals surface area contributed by atoms with Gasteiger partial charge in [-0.2, -0.15) is 0 Å². The van der Waals surface area contributed by atoms with E-state index >= 15 is 0 Å². The first kappa shape index (κ1) is 14.9.